The predicted octanol–water partition coefficient (Wildman–Crippen LogP) is 5.38. The number of carbonyl (C=O) groups is 1. The van der Waals surface area contributed by atoms with Crippen LogP contribution in [0.2, 0.25) is 5.02 Å². The molecule has 0 unspecified atom stereocenters. The Morgan fingerprint density at radius 2 is 1.87 bits per heavy atom. The van der Waals surface area contributed by atoms with Gasteiger partial charge in [-0.1, -0.05) is 35.9 Å². The Hall–Kier alpha value is -3.71. The Morgan fingerprint density at radius 3 is 2.58 bits per heavy atom. The molecule has 0 radical (unpaired) electrons. The summed E-state index contributed by atoms with van der Waals surface area (Å²) in [4.78, 5) is 16.8. The highest BCUT2D eigenvalue weighted by atomic mass is 35.5. The van der Waals surface area contributed by atoms with Crippen LogP contribution in [0.5, 0.6) is 6.01 Å². The van der Waals surface area contributed by atoms with Gasteiger partial charge in [0.15, 0.2) is 5.82 Å². The number of amides is 1. The lowest BCUT2D eigenvalue weighted by atomic mass is 10.2. The fourth-order valence-electron chi connectivity index (χ4n) is 3.01. The van der Waals surface area contributed by atoms with Gasteiger partial charge in [-0.3, -0.25) is 4.79 Å². The van der Waals surface area contributed by atoms with Crippen molar-refractivity contribution >= 4 is 23.2 Å². The maximum atomic E-state index is 13.7. The smallest absolute Gasteiger partial charge is 0.336 e. The van der Waals surface area contributed by atoms with Gasteiger partial charge in [0.05, 0.1) is 22.9 Å². The fraction of sp³-hybridized carbons (Fsp3) is 0.0870. The molecule has 1 N–H and O–H groups in total. The van der Waals surface area contributed by atoms with Crippen LogP contribution in [0.4, 0.5) is 10.1 Å². The molecule has 0 saturated carbocycles. The van der Waals surface area contributed by atoms with Crippen LogP contribution in [0, 0.1) is 5.82 Å². The van der Waals surface area contributed by atoms with E-state index in [1.165, 1.54) is 12.1 Å². The van der Waals surface area contributed by atoms with Gasteiger partial charge < -0.3 is 10.1 Å². The zero-order valence-corrected chi connectivity index (χ0v) is 17.3. The lowest BCUT2D eigenvalue weighted by molar-refractivity contribution is 0.102. The molecule has 1 amide bonds. The summed E-state index contributed by atoms with van der Waals surface area (Å²) in [7, 11) is 0. The van der Waals surface area contributed by atoms with E-state index in [1.807, 2.05) is 6.92 Å². The summed E-state index contributed by atoms with van der Waals surface area (Å²) in [5, 5.41) is 7.57. The van der Waals surface area contributed by atoms with E-state index in [2.05, 4.69) is 15.4 Å². The summed E-state index contributed by atoms with van der Waals surface area (Å²) in [5.41, 5.74) is 2.22. The van der Waals surface area contributed by atoms with Crippen molar-refractivity contribution in [1.29, 1.82) is 0 Å². The first kappa shape index (κ1) is 20.6. The van der Waals surface area contributed by atoms with Gasteiger partial charge in [0.1, 0.15) is 5.82 Å². The van der Waals surface area contributed by atoms with Crippen LogP contribution in [0.3, 0.4) is 0 Å². The molecule has 8 heteroatoms. The number of benzene rings is 3. The normalized spacial score (nSPS) is 10.7. The first-order chi connectivity index (χ1) is 15.0. The maximum Gasteiger partial charge on any atom is 0.336 e. The number of anilines is 1. The van der Waals surface area contributed by atoms with Crippen molar-refractivity contribution in [3.8, 4) is 23.1 Å². The van der Waals surface area contributed by atoms with Gasteiger partial charge in [0.2, 0.25) is 0 Å². The number of carbonyl (C=O) groups excluding carboxylic acids is 1. The number of nitrogens with one attached hydrogen (secondary N) is 1. The van der Waals surface area contributed by atoms with Gasteiger partial charge in [0, 0.05) is 11.3 Å². The van der Waals surface area contributed by atoms with Crippen LogP contribution in [0.1, 0.15) is 17.3 Å². The van der Waals surface area contributed by atoms with E-state index in [-0.39, 0.29) is 17.7 Å². The lowest BCUT2D eigenvalue weighted by Gasteiger charge is -2.09. The highest BCUT2D eigenvalue weighted by Gasteiger charge is 2.16. The molecule has 31 heavy (non-hydrogen) atoms. The minimum absolute atomic E-state index is 0.192. The summed E-state index contributed by atoms with van der Waals surface area (Å²) in [6.07, 6.45) is 0. The lowest BCUT2D eigenvalue weighted by Crippen LogP contribution is -2.12. The zero-order valence-electron chi connectivity index (χ0n) is 16.5. The van der Waals surface area contributed by atoms with E-state index < -0.39 is 0 Å². The predicted molar refractivity (Wildman–Crippen MR) is 117 cm³/mol. The van der Waals surface area contributed by atoms with Crippen LogP contribution < -0.4 is 10.1 Å². The van der Waals surface area contributed by atoms with Gasteiger partial charge >= 0.3 is 6.01 Å². The average molecular weight is 437 g/mol. The van der Waals surface area contributed by atoms with Crippen molar-refractivity contribution in [3.63, 3.8) is 0 Å². The Morgan fingerprint density at radius 1 is 1.10 bits per heavy atom. The van der Waals surface area contributed by atoms with Crippen molar-refractivity contribution in [1.82, 2.24) is 14.8 Å². The number of hydrogen-bond acceptors (Lipinski definition) is 4. The molecule has 0 atom stereocenters. The molecule has 0 aliphatic rings. The van der Waals surface area contributed by atoms with Crippen molar-refractivity contribution in [2.75, 3.05) is 11.9 Å². The van der Waals surface area contributed by atoms with Crippen molar-refractivity contribution in [3.05, 3.63) is 89.2 Å². The van der Waals surface area contributed by atoms with E-state index in [0.29, 0.717) is 40.0 Å². The van der Waals surface area contributed by atoms with E-state index >= 15 is 0 Å². The van der Waals surface area contributed by atoms with Gasteiger partial charge in [-0.25, -0.2) is 9.07 Å². The Balaban J connectivity index is 1.63. The Bertz CT molecular complexity index is 1220. The van der Waals surface area contributed by atoms with Crippen LogP contribution in [0.15, 0.2) is 72.8 Å². The molecular formula is C23H18ClFN4O2. The van der Waals surface area contributed by atoms with Crippen LogP contribution in [-0.2, 0) is 0 Å². The third kappa shape index (κ3) is 4.57. The molecule has 0 bridgehead atoms. The summed E-state index contributed by atoms with van der Waals surface area (Å²) in [5.74, 6) is -0.239. The van der Waals surface area contributed by atoms with Gasteiger partial charge in [-0.2, -0.15) is 4.98 Å². The first-order valence-electron chi connectivity index (χ1n) is 9.57. The quantitative estimate of drug-likeness (QED) is 0.440. The average Bonchev–Trinajstić information content (AvgIpc) is 3.19. The molecule has 0 spiro atoms. The molecule has 0 saturated heterocycles. The SMILES string of the molecule is CCOc1nc(-c2cccc(F)c2)n(-c2ccc(NC(=O)c3ccccc3Cl)cc2)n1. The van der Waals surface area contributed by atoms with Gasteiger partial charge in [0.25, 0.3) is 5.91 Å². The summed E-state index contributed by atoms with van der Waals surface area (Å²) >= 11 is 6.09. The number of hydrogen-bond donors (Lipinski definition) is 1. The summed E-state index contributed by atoms with van der Waals surface area (Å²) in [6, 6.07) is 20.1. The van der Waals surface area contributed by atoms with Crippen LogP contribution in [0.25, 0.3) is 17.1 Å². The largest absolute Gasteiger partial charge is 0.463 e. The molecule has 1 heterocycles. The molecule has 4 rings (SSSR count). The second-order valence-electron chi connectivity index (χ2n) is 6.55. The van der Waals surface area contributed by atoms with E-state index in [0.717, 1.165) is 0 Å². The molecule has 3 aromatic carbocycles. The Labute approximate surface area is 183 Å². The minimum Gasteiger partial charge on any atom is -0.463 e. The molecule has 1 aromatic heterocycles. The van der Waals surface area contributed by atoms with Crippen LogP contribution in [-0.4, -0.2) is 27.3 Å². The third-order valence-electron chi connectivity index (χ3n) is 4.43. The number of aromatic nitrogens is 3. The standard InChI is InChI=1S/C23H18ClFN4O2/c1-2-31-23-27-21(15-6-5-7-16(25)14-15)29(28-23)18-12-10-17(11-13-18)26-22(30)19-8-3-4-9-20(19)24/h3-14H,2H2,1H3,(H,26,30). The molecule has 6 nitrogen and oxygen atoms in total. The molecule has 0 fully saturated rings. The maximum absolute atomic E-state index is 13.7. The number of rotatable bonds is 6. The molecular weight excluding hydrogens is 419 g/mol. The highest BCUT2D eigenvalue weighted by Crippen LogP contribution is 2.25. The molecule has 4 aromatic rings. The van der Waals surface area contributed by atoms with E-state index in [1.54, 1.807) is 65.3 Å². The number of halogens is 2. The van der Waals surface area contributed by atoms with Crippen molar-refractivity contribution < 1.29 is 13.9 Å². The van der Waals surface area contributed by atoms with E-state index in [4.69, 9.17) is 16.3 Å². The second kappa shape index (κ2) is 8.97. The van der Waals surface area contributed by atoms with Gasteiger partial charge in [-0.15, -0.1) is 5.10 Å². The first-order valence-corrected chi connectivity index (χ1v) is 9.95. The topological polar surface area (TPSA) is 69.0 Å². The zero-order chi connectivity index (χ0) is 21.8. The summed E-state index contributed by atoms with van der Waals surface area (Å²) < 4.78 is 20.7. The highest BCUT2D eigenvalue weighted by molar-refractivity contribution is 6.34. The van der Waals surface area contributed by atoms with Gasteiger partial charge in [-0.05, 0) is 55.5 Å². The molecule has 0 aliphatic carbocycles. The monoisotopic (exact) mass is 436 g/mol. The molecule has 0 aliphatic heterocycles. The fourth-order valence-corrected chi connectivity index (χ4v) is 3.23. The Kier molecular flexibility index (Phi) is 5.95. The minimum atomic E-state index is -0.373. The second-order valence-corrected chi connectivity index (χ2v) is 6.96. The summed E-state index contributed by atoms with van der Waals surface area (Å²) in [6.45, 7) is 2.23. The van der Waals surface area contributed by atoms with Crippen LogP contribution >= 0.6 is 11.6 Å². The third-order valence-corrected chi connectivity index (χ3v) is 4.76. The number of ether oxygens (including phenoxy) is 1. The van der Waals surface area contributed by atoms with Crippen molar-refractivity contribution in [2.45, 2.75) is 6.92 Å². The van der Waals surface area contributed by atoms with Crippen molar-refractivity contribution in [2.24, 2.45) is 0 Å². The molecule has 156 valence electrons. The number of nitrogens with zero attached hydrogens (tertiary/aromatic N) is 3. The van der Waals surface area contributed by atoms with E-state index in [9.17, 15) is 9.18 Å².